The van der Waals surface area contributed by atoms with E-state index in [-0.39, 0.29) is 30.1 Å². The van der Waals surface area contributed by atoms with E-state index < -0.39 is 11.9 Å². The van der Waals surface area contributed by atoms with Crippen molar-refractivity contribution in [3.63, 3.8) is 0 Å². The second-order valence-electron chi connectivity index (χ2n) is 5.33. The summed E-state index contributed by atoms with van der Waals surface area (Å²) in [6, 6.07) is 0. The molecule has 7 heteroatoms. The van der Waals surface area contributed by atoms with Gasteiger partial charge in [0.05, 0.1) is 5.92 Å². The molecule has 0 aromatic carbocycles. The standard InChI is InChI=1S/C12H18N4O3/c1-6(2)9-13-10(15-14-9)11(17)16-4-7(3)8(5-16)12(18)19/h6-8H,4-5H2,1-3H3,(H,18,19)(H,13,14,15). The van der Waals surface area contributed by atoms with Crippen LogP contribution in [0, 0.1) is 11.8 Å². The lowest BCUT2D eigenvalue weighted by atomic mass is 9.99. The molecular weight excluding hydrogens is 248 g/mol. The zero-order chi connectivity index (χ0) is 14.2. The number of likely N-dealkylation sites (tertiary alicyclic amines) is 1. The van der Waals surface area contributed by atoms with Crippen LogP contribution in [0.2, 0.25) is 0 Å². The van der Waals surface area contributed by atoms with Crippen LogP contribution in [-0.2, 0) is 4.79 Å². The second kappa shape index (κ2) is 4.99. The molecule has 0 aliphatic carbocycles. The average Bonchev–Trinajstić information content (AvgIpc) is 2.94. The minimum Gasteiger partial charge on any atom is -0.481 e. The molecule has 104 valence electrons. The fourth-order valence-electron chi connectivity index (χ4n) is 2.22. The van der Waals surface area contributed by atoms with Crippen LogP contribution in [0.25, 0.3) is 0 Å². The molecule has 2 unspecified atom stereocenters. The summed E-state index contributed by atoms with van der Waals surface area (Å²) < 4.78 is 0. The molecule has 2 rings (SSSR count). The first-order valence-corrected chi connectivity index (χ1v) is 6.34. The third kappa shape index (κ3) is 2.59. The van der Waals surface area contributed by atoms with Crippen molar-refractivity contribution in [1.29, 1.82) is 0 Å². The van der Waals surface area contributed by atoms with Crippen LogP contribution >= 0.6 is 0 Å². The predicted molar refractivity (Wildman–Crippen MR) is 66.7 cm³/mol. The SMILES string of the molecule is CC(C)c1nc(C(=O)N2CC(C)C(C(=O)O)C2)n[nH]1. The number of carboxylic acid groups (broad SMARTS) is 1. The van der Waals surface area contributed by atoms with Gasteiger partial charge in [-0.2, -0.15) is 0 Å². The van der Waals surface area contributed by atoms with Crippen LogP contribution < -0.4 is 0 Å². The Morgan fingerprint density at radius 3 is 2.58 bits per heavy atom. The molecule has 1 aromatic rings. The van der Waals surface area contributed by atoms with Gasteiger partial charge in [0.25, 0.3) is 5.91 Å². The fourth-order valence-corrected chi connectivity index (χ4v) is 2.22. The van der Waals surface area contributed by atoms with Crippen molar-refractivity contribution in [1.82, 2.24) is 20.1 Å². The van der Waals surface area contributed by atoms with Crippen LogP contribution in [0.3, 0.4) is 0 Å². The number of hydrogen-bond acceptors (Lipinski definition) is 4. The number of aromatic nitrogens is 3. The molecule has 1 aromatic heterocycles. The average molecular weight is 266 g/mol. The third-order valence-electron chi connectivity index (χ3n) is 3.46. The number of hydrogen-bond donors (Lipinski definition) is 2. The molecule has 1 amide bonds. The Kier molecular flexibility index (Phi) is 3.55. The highest BCUT2D eigenvalue weighted by molar-refractivity contribution is 5.91. The maximum absolute atomic E-state index is 12.2. The first kappa shape index (κ1) is 13.5. The highest BCUT2D eigenvalue weighted by Crippen LogP contribution is 2.24. The molecule has 1 aliphatic heterocycles. The van der Waals surface area contributed by atoms with E-state index in [2.05, 4.69) is 15.2 Å². The molecule has 0 bridgehead atoms. The summed E-state index contributed by atoms with van der Waals surface area (Å²) in [5.41, 5.74) is 0. The summed E-state index contributed by atoms with van der Waals surface area (Å²) in [5, 5.41) is 15.7. The van der Waals surface area contributed by atoms with Gasteiger partial charge in [-0.15, -0.1) is 5.10 Å². The van der Waals surface area contributed by atoms with E-state index in [1.165, 1.54) is 4.90 Å². The van der Waals surface area contributed by atoms with Crippen LogP contribution in [0.15, 0.2) is 0 Å². The van der Waals surface area contributed by atoms with Gasteiger partial charge in [-0.25, -0.2) is 4.98 Å². The number of amides is 1. The second-order valence-corrected chi connectivity index (χ2v) is 5.33. The summed E-state index contributed by atoms with van der Waals surface area (Å²) in [5.74, 6) is -0.789. The van der Waals surface area contributed by atoms with Crippen molar-refractivity contribution in [3.8, 4) is 0 Å². The maximum atomic E-state index is 12.2. The van der Waals surface area contributed by atoms with Crippen LogP contribution in [-0.4, -0.2) is 50.2 Å². The van der Waals surface area contributed by atoms with E-state index in [1.54, 1.807) is 0 Å². The molecule has 19 heavy (non-hydrogen) atoms. The van der Waals surface area contributed by atoms with Crippen molar-refractivity contribution in [2.24, 2.45) is 11.8 Å². The summed E-state index contributed by atoms with van der Waals surface area (Å²) in [4.78, 5) is 28.9. The van der Waals surface area contributed by atoms with E-state index >= 15 is 0 Å². The third-order valence-corrected chi connectivity index (χ3v) is 3.46. The van der Waals surface area contributed by atoms with Gasteiger partial charge >= 0.3 is 5.97 Å². The lowest BCUT2D eigenvalue weighted by Crippen LogP contribution is -2.30. The topological polar surface area (TPSA) is 99.2 Å². The Labute approximate surface area is 111 Å². The smallest absolute Gasteiger partial charge is 0.308 e. The molecule has 0 spiro atoms. The van der Waals surface area contributed by atoms with E-state index in [0.29, 0.717) is 12.4 Å². The lowest BCUT2D eigenvalue weighted by molar-refractivity contribution is -0.142. The number of carboxylic acids is 1. The maximum Gasteiger partial charge on any atom is 0.308 e. The number of H-pyrrole nitrogens is 1. The van der Waals surface area contributed by atoms with Crippen molar-refractivity contribution >= 4 is 11.9 Å². The fraction of sp³-hybridized carbons (Fsp3) is 0.667. The van der Waals surface area contributed by atoms with E-state index in [1.807, 2.05) is 20.8 Å². The zero-order valence-electron chi connectivity index (χ0n) is 11.3. The van der Waals surface area contributed by atoms with Crippen molar-refractivity contribution in [3.05, 3.63) is 11.6 Å². The number of aromatic amines is 1. The molecule has 2 atom stereocenters. The predicted octanol–water partition coefficient (Wildman–Crippen LogP) is 0.721. The molecule has 1 fully saturated rings. The number of nitrogens with zero attached hydrogens (tertiary/aromatic N) is 3. The van der Waals surface area contributed by atoms with Gasteiger partial charge in [0.2, 0.25) is 5.82 Å². The molecule has 7 nitrogen and oxygen atoms in total. The molecule has 0 saturated carbocycles. The Morgan fingerprint density at radius 2 is 2.11 bits per heavy atom. The monoisotopic (exact) mass is 266 g/mol. The first-order valence-electron chi connectivity index (χ1n) is 6.34. The van der Waals surface area contributed by atoms with Crippen LogP contribution in [0.5, 0.6) is 0 Å². The Morgan fingerprint density at radius 1 is 1.42 bits per heavy atom. The van der Waals surface area contributed by atoms with Gasteiger partial charge < -0.3 is 10.0 Å². The normalized spacial score (nSPS) is 23.1. The number of carbonyl (C=O) groups is 2. The van der Waals surface area contributed by atoms with Crippen molar-refractivity contribution < 1.29 is 14.7 Å². The Hall–Kier alpha value is -1.92. The molecular formula is C12H18N4O3. The largest absolute Gasteiger partial charge is 0.481 e. The molecule has 0 radical (unpaired) electrons. The number of carbonyl (C=O) groups excluding carboxylic acids is 1. The lowest BCUT2D eigenvalue weighted by Gasteiger charge is -2.13. The van der Waals surface area contributed by atoms with Gasteiger partial charge in [-0.1, -0.05) is 20.8 Å². The Bertz CT molecular complexity index is 497. The van der Waals surface area contributed by atoms with Gasteiger partial charge in [0.15, 0.2) is 0 Å². The van der Waals surface area contributed by atoms with Crippen LogP contribution in [0.1, 0.15) is 43.1 Å². The minimum atomic E-state index is -0.861. The van der Waals surface area contributed by atoms with Gasteiger partial charge in [-0.3, -0.25) is 14.7 Å². The van der Waals surface area contributed by atoms with E-state index in [0.717, 1.165) is 0 Å². The molecule has 1 aliphatic rings. The Balaban J connectivity index is 2.10. The highest BCUT2D eigenvalue weighted by Gasteiger charge is 2.38. The molecule has 2 N–H and O–H groups in total. The molecule has 1 saturated heterocycles. The number of rotatable bonds is 3. The van der Waals surface area contributed by atoms with Gasteiger partial charge in [-0.05, 0) is 5.92 Å². The highest BCUT2D eigenvalue weighted by atomic mass is 16.4. The van der Waals surface area contributed by atoms with Crippen LogP contribution in [0.4, 0.5) is 0 Å². The summed E-state index contributed by atoms with van der Waals surface area (Å²) in [6.07, 6.45) is 0. The van der Waals surface area contributed by atoms with Crippen molar-refractivity contribution in [2.75, 3.05) is 13.1 Å². The first-order chi connectivity index (χ1) is 8.90. The molecule has 2 heterocycles. The van der Waals surface area contributed by atoms with Gasteiger partial charge in [0.1, 0.15) is 5.82 Å². The van der Waals surface area contributed by atoms with E-state index in [4.69, 9.17) is 5.11 Å². The van der Waals surface area contributed by atoms with E-state index in [9.17, 15) is 9.59 Å². The van der Waals surface area contributed by atoms with Crippen molar-refractivity contribution in [2.45, 2.75) is 26.7 Å². The minimum absolute atomic E-state index is 0.0510. The number of nitrogens with one attached hydrogen (secondary N) is 1. The summed E-state index contributed by atoms with van der Waals surface area (Å²) in [7, 11) is 0. The zero-order valence-corrected chi connectivity index (χ0v) is 11.3. The van der Waals surface area contributed by atoms with Gasteiger partial charge in [0, 0.05) is 19.0 Å². The summed E-state index contributed by atoms with van der Waals surface area (Å²) >= 11 is 0. The summed E-state index contributed by atoms with van der Waals surface area (Å²) in [6.45, 7) is 6.39. The quantitative estimate of drug-likeness (QED) is 0.839. The number of aliphatic carboxylic acids is 1.